The summed E-state index contributed by atoms with van der Waals surface area (Å²) in [7, 11) is 1.64. The molecule has 3 nitrogen and oxygen atoms in total. The van der Waals surface area contributed by atoms with Gasteiger partial charge in [0.05, 0.1) is 12.8 Å². The van der Waals surface area contributed by atoms with Crippen molar-refractivity contribution in [2.75, 3.05) is 7.11 Å². The lowest BCUT2D eigenvalue weighted by Gasteiger charge is -2.06. The molecule has 0 saturated heterocycles. The van der Waals surface area contributed by atoms with Gasteiger partial charge in [0.1, 0.15) is 5.75 Å². The molecular weight excluding hydrogens is 340 g/mol. The van der Waals surface area contributed by atoms with Crippen molar-refractivity contribution in [3.63, 3.8) is 0 Å². The molecule has 0 aromatic heterocycles. The van der Waals surface area contributed by atoms with E-state index in [1.165, 1.54) is 28.1 Å². The summed E-state index contributed by atoms with van der Waals surface area (Å²) >= 11 is 1.54. The number of methoxy groups -OCH3 is 1. The molecule has 5 heteroatoms. The summed E-state index contributed by atoms with van der Waals surface area (Å²) in [5.74, 6) is 1.57. The lowest BCUT2D eigenvalue weighted by Crippen LogP contribution is -2.06. The van der Waals surface area contributed by atoms with Crippen molar-refractivity contribution in [3.05, 3.63) is 72.3 Å². The van der Waals surface area contributed by atoms with Crippen molar-refractivity contribution in [1.82, 2.24) is 0 Å². The zero-order chi connectivity index (χ0) is 16.1. The monoisotopic (exact) mass is 358 g/mol. The first-order valence-corrected chi connectivity index (χ1v) is 8.32. The zero-order valence-corrected chi connectivity index (χ0v) is 14.9. The van der Waals surface area contributed by atoms with Gasteiger partial charge in [0.25, 0.3) is 0 Å². The van der Waals surface area contributed by atoms with E-state index in [4.69, 9.17) is 10.5 Å². The van der Waals surface area contributed by atoms with E-state index in [-0.39, 0.29) is 12.4 Å². The van der Waals surface area contributed by atoms with Crippen molar-refractivity contribution in [2.45, 2.75) is 5.75 Å². The van der Waals surface area contributed by atoms with E-state index >= 15 is 0 Å². The lowest BCUT2D eigenvalue weighted by atomic mass is 10.1. The highest BCUT2D eigenvalue weighted by Gasteiger charge is 2.03. The Balaban J connectivity index is 0.00000208. The normalized spacial score (nSPS) is 11.1. The summed E-state index contributed by atoms with van der Waals surface area (Å²) in [5.41, 5.74) is 8.12. The van der Waals surface area contributed by atoms with Gasteiger partial charge >= 0.3 is 0 Å². The average Bonchev–Trinajstić information content (AvgIpc) is 2.60. The number of benzene rings is 3. The van der Waals surface area contributed by atoms with Crippen molar-refractivity contribution in [1.29, 1.82) is 0 Å². The minimum atomic E-state index is 0. The molecule has 0 fully saturated rings. The van der Waals surface area contributed by atoms with Crippen LogP contribution in [0.4, 0.5) is 5.69 Å². The standard InChI is InChI=1S/C19H18N2OS.ClH/c1-22-17-10-5-9-16(12-17)21-19(20)23-13-15-8-4-7-14-6-2-3-11-18(14)15;/h2-12H,13H2,1H3,(H2,20,21);1H. The zero-order valence-electron chi connectivity index (χ0n) is 13.3. The van der Waals surface area contributed by atoms with Crippen LogP contribution in [0, 0.1) is 0 Å². The fourth-order valence-electron chi connectivity index (χ4n) is 2.41. The Kier molecular flexibility index (Phi) is 6.53. The van der Waals surface area contributed by atoms with Gasteiger partial charge in [-0.05, 0) is 28.5 Å². The summed E-state index contributed by atoms with van der Waals surface area (Å²) < 4.78 is 5.20. The molecule has 3 aromatic rings. The lowest BCUT2D eigenvalue weighted by molar-refractivity contribution is 0.415. The fraction of sp³-hybridized carbons (Fsp3) is 0.105. The van der Waals surface area contributed by atoms with Crippen molar-refractivity contribution >= 4 is 45.8 Å². The molecule has 0 aliphatic carbocycles. The van der Waals surface area contributed by atoms with E-state index in [1.807, 2.05) is 24.3 Å². The first-order chi connectivity index (χ1) is 11.3. The molecule has 0 saturated carbocycles. The summed E-state index contributed by atoms with van der Waals surface area (Å²) in [4.78, 5) is 4.44. The van der Waals surface area contributed by atoms with Gasteiger partial charge in [-0.15, -0.1) is 12.4 Å². The van der Waals surface area contributed by atoms with Crippen LogP contribution in [-0.4, -0.2) is 12.3 Å². The van der Waals surface area contributed by atoms with Crippen molar-refractivity contribution < 1.29 is 4.74 Å². The minimum absolute atomic E-state index is 0. The second-order valence-electron chi connectivity index (χ2n) is 5.08. The Bertz CT molecular complexity index is 846. The van der Waals surface area contributed by atoms with Gasteiger partial charge < -0.3 is 10.5 Å². The van der Waals surface area contributed by atoms with Gasteiger partial charge in [-0.1, -0.05) is 60.3 Å². The molecule has 0 aliphatic rings. The SMILES string of the molecule is COc1cccc(N=C(N)SCc2cccc3ccccc23)c1.Cl. The summed E-state index contributed by atoms with van der Waals surface area (Å²) in [6, 6.07) is 22.3. The number of nitrogens with two attached hydrogens (primary N) is 1. The molecule has 0 spiro atoms. The Morgan fingerprint density at radius 3 is 2.62 bits per heavy atom. The highest BCUT2D eigenvalue weighted by Crippen LogP contribution is 2.24. The molecule has 24 heavy (non-hydrogen) atoms. The van der Waals surface area contributed by atoms with Gasteiger partial charge in [0.15, 0.2) is 5.17 Å². The van der Waals surface area contributed by atoms with Crippen LogP contribution in [0.2, 0.25) is 0 Å². The second kappa shape index (κ2) is 8.62. The van der Waals surface area contributed by atoms with Crippen LogP contribution in [0.25, 0.3) is 10.8 Å². The van der Waals surface area contributed by atoms with Crippen LogP contribution >= 0.6 is 24.2 Å². The molecule has 3 aromatic carbocycles. The Hall–Kier alpha value is -2.17. The van der Waals surface area contributed by atoms with Crippen molar-refractivity contribution in [3.8, 4) is 5.75 Å². The molecule has 0 radical (unpaired) electrons. The van der Waals surface area contributed by atoms with Gasteiger partial charge in [-0.2, -0.15) is 0 Å². The molecule has 3 rings (SSSR count). The number of rotatable bonds is 4. The smallest absolute Gasteiger partial charge is 0.159 e. The average molecular weight is 359 g/mol. The molecule has 124 valence electrons. The summed E-state index contributed by atoms with van der Waals surface area (Å²) in [5, 5.41) is 3.05. The van der Waals surface area contributed by atoms with Crippen LogP contribution in [0.15, 0.2) is 71.7 Å². The molecule has 0 atom stereocenters. The number of amidine groups is 1. The first kappa shape index (κ1) is 18.2. The maximum absolute atomic E-state index is 6.06. The topological polar surface area (TPSA) is 47.6 Å². The van der Waals surface area contributed by atoms with Crippen LogP contribution in [0.1, 0.15) is 5.56 Å². The van der Waals surface area contributed by atoms with Crippen LogP contribution in [0.5, 0.6) is 5.75 Å². The van der Waals surface area contributed by atoms with Gasteiger partial charge in [-0.3, -0.25) is 0 Å². The number of hydrogen-bond acceptors (Lipinski definition) is 3. The Labute approximate surface area is 152 Å². The van der Waals surface area contributed by atoms with E-state index < -0.39 is 0 Å². The second-order valence-corrected chi connectivity index (χ2v) is 6.07. The van der Waals surface area contributed by atoms with E-state index in [9.17, 15) is 0 Å². The van der Waals surface area contributed by atoms with Gasteiger partial charge in [0, 0.05) is 11.8 Å². The molecule has 0 heterocycles. The Morgan fingerprint density at radius 1 is 1.04 bits per heavy atom. The van der Waals surface area contributed by atoms with Crippen LogP contribution in [-0.2, 0) is 5.75 Å². The first-order valence-electron chi connectivity index (χ1n) is 7.34. The number of thioether (sulfide) groups is 1. The molecule has 0 bridgehead atoms. The number of nitrogens with zero attached hydrogens (tertiary/aromatic N) is 1. The molecule has 0 unspecified atom stereocenters. The summed E-state index contributed by atoms with van der Waals surface area (Å²) in [6.45, 7) is 0. The molecule has 0 aliphatic heterocycles. The molecular formula is C19H19ClN2OS. The number of fused-ring (bicyclic) bond motifs is 1. The maximum atomic E-state index is 6.06. The highest BCUT2D eigenvalue weighted by molar-refractivity contribution is 8.13. The number of hydrogen-bond donors (Lipinski definition) is 1. The van der Waals surface area contributed by atoms with Gasteiger partial charge in [0.2, 0.25) is 0 Å². The number of aliphatic imine (C=N–C) groups is 1. The van der Waals surface area contributed by atoms with Crippen LogP contribution < -0.4 is 10.5 Å². The fourth-order valence-corrected chi connectivity index (χ4v) is 3.13. The van der Waals surface area contributed by atoms with E-state index in [1.54, 1.807) is 7.11 Å². The van der Waals surface area contributed by atoms with Crippen LogP contribution in [0.3, 0.4) is 0 Å². The predicted octanol–water partition coefficient (Wildman–Crippen LogP) is 5.15. The van der Waals surface area contributed by atoms with E-state index in [0.29, 0.717) is 5.17 Å². The maximum Gasteiger partial charge on any atom is 0.159 e. The van der Waals surface area contributed by atoms with E-state index in [0.717, 1.165) is 17.2 Å². The quantitative estimate of drug-likeness (QED) is 0.518. The molecule has 2 N–H and O–H groups in total. The number of ether oxygens (including phenoxy) is 1. The highest BCUT2D eigenvalue weighted by atomic mass is 35.5. The van der Waals surface area contributed by atoms with E-state index in [2.05, 4.69) is 47.5 Å². The molecule has 0 amide bonds. The summed E-state index contributed by atoms with van der Waals surface area (Å²) in [6.07, 6.45) is 0. The minimum Gasteiger partial charge on any atom is -0.497 e. The largest absolute Gasteiger partial charge is 0.497 e. The Morgan fingerprint density at radius 2 is 1.79 bits per heavy atom. The van der Waals surface area contributed by atoms with Crippen molar-refractivity contribution in [2.24, 2.45) is 10.7 Å². The third-order valence-electron chi connectivity index (χ3n) is 3.55. The third-order valence-corrected chi connectivity index (χ3v) is 4.39. The predicted molar refractivity (Wildman–Crippen MR) is 107 cm³/mol. The third kappa shape index (κ3) is 4.43. The van der Waals surface area contributed by atoms with Gasteiger partial charge in [-0.25, -0.2) is 4.99 Å². The number of halogens is 1.